The van der Waals surface area contributed by atoms with E-state index in [4.69, 9.17) is 15.9 Å². The molecule has 6 nitrogen and oxygen atoms in total. The van der Waals surface area contributed by atoms with Crippen LogP contribution in [0.2, 0.25) is 0 Å². The fraction of sp³-hybridized carbons (Fsp3) is 0.619. The third-order valence-electron chi connectivity index (χ3n) is 3.93. The molecule has 0 bridgehead atoms. The molecule has 0 unspecified atom stereocenters. The predicted molar refractivity (Wildman–Crippen MR) is 111 cm³/mol. The SMILES string of the molecule is CC(C)C(C)(C)C.CC(C)CO.NC(=O)c1ccc(C(=O)NCCO)cc1. The highest BCUT2D eigenvalue weighted by Crippen LogP contribution is 2.23. The van der Waals surface area contributed by atoms with Crippen LogP contribution >= 0.6 is 0 Å². The molecule has 0 aliphatic carbocycles. The molecule has 0 aromatic heterocycles. The number of hydrogen-bond donors (Lipinski definition) is 4. The van der Waals surface area contributed by atoms with E-state index in [1.807, 2.05) is 13.8 Å². The molecule has 0 aliphatic heterocycles. The molecule has 6 heteroatoms. The molecule has 0 aliphatic rings. The Morgan fingerprint density at radius 3 is 1.63 bits per heavy atom. The first kappa shape index (κ1) is 27.3. The second kappa shape index (κ2) is 14.2. The van der Waals surface area contributed by atoms with Crippen LogP contribution in [0.1, 0.15) is 69.2 Å². The van der Waals surface area contributed by atoms with Crippen molar-refractivity contribution in [3.8, 4) is 0 Å². The van der Waals surface area contributed by atoms with E-state index in [2.05, 4.69) is 39.9 Å². The maximum Gasteiger partial charge on any atom is 0.251 e. The number of benzene rings is 1. The Bertz CT molecular complexity index is 532. The average Bonchev–Trinajstić information content (AvgIpc) is 2.59. The number of aliphatic hydroxyl groups excluding tert-OH is 2. The van der Waals surface area contributed by atoms with Crippen LogP contribution < -0.4 is 11.1 Å². The second-order valence-corrected chi connectivity index (χ2v) is 8.02. The molecular weight excluding hydrogens is 344 g/mol. The topological polar surface area (TPSA) is 113 Å². The van der Waals surface area contributed by atoms with Gasteiger partial charge in [-0.1, -0.05) is 48.5 Å². The van der Waals surface area contributed by atoms with E-state index < -0.39 is 5.91 Å². The van der Waals surface area contributed by atoms with Crippen LogP contribution in [0.5, 0.6) is 0 Å². The Morgan fingerprint density at radius 1 is 1.00 bits per heavy atom. The van der Waals surface area contributed by atoms with Crippen LogP contribution in [0.3, 0.4) is 0 Å². The average molecular weight is 383 g/mol. The molecule has 0 saturated heterocycles. The number of nitrogens with two attached hydrogens (primary N) is 1. The summed E-state index contributed by atoms with van der Waals surface area (Å²) in [6.45, 7) is 15.6. The summed E-state index contributed by atoms with van der Waals surface area (Å²) in [4.78, 5) is 22.1. The highest BCUT2D eigenvalue weighted by molar-refractivity contribution is 5.97. The lowest BCUT2D eigenvalue weighted by Crippen LogP contribution is -2.26. The predicted octanol–water partition coefficient (Wildman–Crippen LogP) is 2.83. The molecule has 0 heterocycles. The Hall–Kier alpha value is -1.92. The Balaban J connectivity index is 0. The van der Waals surface area contributed by atoms with Crippen LogP contribution in [0.25, 0.3) is 0 Å². The molecular formula is C21H38N2O4. The molecule has 0 fully saturated rings. The van der Waals surface area contributed by atoms with Crippen molar-refractivity contribution in [2.75, 3.05) is 19.8 Å². The summed E-state index contributed by atoms with van der Waals surface area (Å²) in [5.41, 5.74) is 6.33. The van der Waals surface area contributed by atoms with Gasteiger partial charge >= 0.3 is 0 Å². The van der Waals surface area contributed by atoms with E-state index in [1.165, 1.54) is 24.3 Å². The highest BCUT2D eigenvalue weighted by Gasteiger charge is 2.13. The lowest BCUT2D eigenvalue weighted by molar-refractivity contribution is 0.0942. The minimum atomic E-state index is -0.530. The summed E-state index contributed by atoms with van der Waals surface area (Å²) in [5.74, 6) is 0.417. The van der Waals surface area contributed by atoms with Crippen LogP contribution in [-0.4, -0.2) is 41.8 Å². The van der Waals surface area contributed by atoms with Crippen molar-refractivity contribution >= 4 is 11.8 Å². The molecule has 0 saturated carbocycles. The number of carbonyl (C=O) groups excluding carboxylic acids is 2. The van der Waals surface area contributed by atoms with Crippen LogP contribution in [0, 0.1) is 17.3 Å². The van der Waals surface area contributed by atoms with E-state index in [0.717, 1.165) is 5.92 Å². The maximum absolute atomic E-state index is 11.3. The zero-order valence-electron chi connectivity index (χ0n) is 17.9. The van der Waals surface area contributed by atoms with E-state index in [1.54, 1.807) is 0 Å². The summed E-state index contributed by atoms with van der Waals surface area (Å²) in [7, 11) is 0. The smallest absolute Gasteiger partial charge is 0.251 e. The summed E-state index contributed by atoms with van der Waals surface area (Å²) >= 11 is 0. The van der Waals surface area contributed by atoms with Crippen molar-refractivity contribution in [2.24, 2.45) is 23.0 Å². The van der Waals surface area contributed by atoms with Crippen molar-refractivity contribution in [3.63, 3.8) is 0 Å². The lowest BCUT2D eigenvalue weighted by Gasteiger charge is -2.22. The van der Waals surface area contributed by atoms with Gasteiger partial charge < -0.3 is 21.3 Å². The van der Waals surface area contributed by atoms with Crippen LogP contribution in [0.4, 0.5) is 0 Å². The Labute approximate surface area is 164 Å². The summed E-state index contributed by atoms with van der Waals surface area (Å²) in [6.07, 6.45) is 0. The van der Waals surface area contributed by atoms with Gasteiger partial charge in [0.2, 0.25) is 5.91 Å². The van der Waals surface area contributed by atoms with Gasteiger partial charge in [-0.05, 0) is 41.5 Å². The van der Waals surface area contributed by atoms with Gasteiger partial charge in [0.1, 0.15) is 0 Å². The first-order chi connectivity index (χ1) is 12.4. The number of hydrogen-bond acceptors (Lipinski definition) is 4. The zero-order valence-corrected chi connectivity index (χ0v) is 17.9. The van der Waals surface area contributed by atoms with Gasteiger partial charge in [0.05, 0.1) is 6.61 Å². The minimum Gasteiger partial charge on any atom is -0.396 e. The Morgan fingerprint density at radius 2 is 1.37 bits per heavy atom. The van der Waals surface area contributed by atoms with Gasteiger partial charge in [-0.15, -0.1) is 0 Å². The van der Waals surface area contributed by atoms with E-state index in [9.17, 15) is 9.59 Å². The standard InChI is InChI=1S/C10H12N2O3.C7H16.C4H10O/c11-9(14)7-1-3-8(4-2-7)10(15)12-5-6-13;1-6(2)7(3,4)5;1-4(2)3-5/h1-4,13H,5-6H2,(H2,11,14)(H,12,15);6H,1-5H3;4-5H,3H2,1-2H3. The maximum atomic E-state index is 11.3. The molecule has 1 aromatic rings. The first-order valence-electron chi connectivity index (χ1n) is 9.26. The molecule has 5 N–H and O–H groups in total. The minimum absolute atomic E-state index is 0.106. The highest BCUT2D eigenvalue weighted by atomic mass is 16.3. The van der Waals surface area contributed by atoms with E-state index in [0.29, 0.717) is 29.1 Å². The van der Waals surface area contributed by atoms with Gasteiger partial charge in [0.25, 0.3) is 5.91 Å². The number of aliphatic hydroxyl groups is 2. The zero-order chi connectivity index (χ0) is 21.6. The number of primary amides is 1. The number of carbonyl (C=O) groups is 2. The van der Waals surface area contributed by atoms with Gasteiger partial charge in [-0.3, -0.25) is 9.59 Å². The number of rotatable bonds is 5. The van der Waals surface area contributed by atoms with Crippen LogP contribution in [-0.2, 0) is 0 Å². The quantitative estimate of drug-likeness (QED) is 0.627. The molecule has 1 rings (SSSR count). The van der Waals surface area contributed by atoms with Gasteiger partial charge in [-0.25, -0.2) is 0 Å². The fourth-order valence-electron chi connectivity index (χ4n) is 1.06. The molecule has 0 atom stereocenters. The molecule has 1 aromatic carbocycles. The molecule has 27 heavy (non-hydrogen) atoms. The first-order valence-corrected chi connectivity index (χ1v) is 9.26. The molecule has 0 radical (unpaired) electrons. The summed E-state index contributed by atoms with van der Waals surface area (Å²) < 4.78 is 0. The fourth-order valence-corrected chi connectivity index (χ4v) is 1.06. The monoisotopic (exact) mass is 382 g/mol. The summed E-state index contributed by atoms with van der Waals surface area (Å²) in [6, 6.07) is 5.98. The summed E-state index contributed by atoms with van der Waals surface area (Å²) in [5, 5.41) is 19.1. The Kier molecular flexibility index (Phi) is 14.3. The normalized spacial score (nSPS) is 10.5. The van der Waals surface area contributed by atoms with Crippen molar-refractivity contribution in [2.45, 2.75) is 48.5 Å². The van der Waals surface area contributed by atoms with Crippen molar-refractivity contribution in [1.29, 1.82) is 0 Å². The van der Waals surface area contributed by atoms with E-state index in [-0.39, 0.29) is 19.1 Å². The van der Waals surface area contributed by atoms with Gasteiger partial charge in [0, 0.05) is 24.3 Å². The van der Waals surface area contributed by atoms with Gasteiger partial charge in [0.15, 0.2) is 0 Å². The third-order valence-corrected chi connectivity index (χ3v) is 3.93. The third kappa shape index (κ3) is 14.9. The molecule has 2 amide bonds. The second-order valence-electron chi connectivity index (χ2n) is 8.02. The van der Waals surface area contributed by atoms with Crippen LogP contribution in [0.15, 0.2) is 24.3 Å². The largest absolute Gasteiger partial charge is 0.396 e. The molecule has 156 valence electrons. The van der Waals surface area contributed by atoms with E-state index >= 15 is 0 Å². The van der Waals surface area contributed by atoms with Crippen molar-refractivity contribution in [1.82, 2.24) is 5.32 Å². The lowest BCUT2D eigenvalue weighted by atomic mass is 9.84. The molecule has 0 spiro atoms. The number of nitrogens with one attached hydrogen (secondary N) is 1. The van der Waals surface area contributed by atoms with Crippen molar-refractivity contribution < 1.29 is 19.8 Å². The number of amides is 2. The van der Waals surface area contributed by atoms with Crippen molar-refractivity contribution in [3.05, 3.63) is 35.4 Å². The van der Waals surface area contributed by atoms with Gasteiger partial charge in [-0.2, -0.15) is 0 Å².